The standard InChI is InChI=1S/C12H15NO3/c1-8-4-3-5-10(14)13(8)12(2,11(15)16)9-6-7-9/h3-5,9H,6-7H2,1-2H3,(H,15,16). The van der Waals surface area contributed by atoms with Crippen LogP contribution < -0.4 is 5.56 Å². The summed E-state index contributed by atoms with van der Waals surface area (Å²) in [6, 6.07) is 4.84. The molecule has 1 heterocycles. The first-order chi connectivity index (χ1) is 7.48. The fourth-order valence-corrected chi connectivity index (χ4v) is 2.29. The van der Waals surface area contributed by atoms with E-state index in [-0.39, 0.29) is 11.5 Å². The van der Waals surface area contributed by atoms with Gasteiger partial charge in [0.25, 0.3) is 5.56 Å². The number of hydrogen-bond donors (Lipinski definition) is 1. The van der Waals surface area contributed by atoms with E-state index in [1.54, 1.807) is 26.0 Å². The van der Waals surface area contributed by atoms with Crippen LogP contribution in [-0.2, 0) is 10.3 Å². The Balaban J connectivity index is 2.64. The van der Waals surface area contributed by atoms with Crippen LogP contribution in [-0.4, -0.2) is 15.6 Å². The topological polar surface area (TPSA) is 59.3 Å². The van der Waals surface area contributed by atoms with Crippen LogP contribution in [0.1, 0.15) is 25.5 Å². The predicted molar refractivity (Wildman–Crippen MR) is 59.4 cm³/mol. The first kappa shape index (κ1) is 10.9. The Labute approximate surface area is 93.5 Å². The maximum Gasteiger partial charge on any atom is 0.330 e. The number of rotatable bonds is 3. The maximum absolute atomic E-state index is 11.8. The molecule has 16 heavy (non-hydrogen) atoms. The molecule has 1 aromatic rings. The monoisotopic (exact) mass is 221 g/mol. The van der Waals surface area contributed by atoms with Gasteiger partial charge in [-0.3, -0.25) is 9.36 Å². The summed E-state index contributed by atoms with van der Waals surface area (Å²) in [5, 5.41) is 9.39. The summed E-state index contributed by atoms with van der Waals surface area (Å²) in [7, 11) is 0. The Morgan fingerprint density at radius 3 is 2.56 bits per heavy atom. The largest absolute Gasteiger partial charge is 0.479 e. The Morgan fingerprint density at radius 2 is 2.12 bits per heavy atom. The van der Waals surface area contributed by atoms with Gasteiger partial charge in [-0.25, -0.2) is 4.79 Å². The molecule has 1 N–H and O–H groups in total. The van der Waals surface area contributed by atoms with Gasteiger partial charge in [0.05, 0.1) is 0 Å². The van der Waals surface area contributed by atoms with Crippen molar-refractivity contribution in [1.82, 2.24) is 4.57 Å². The van der Waals surface area contributed by atoms with Gasteiger partial charge in [0.1, 0.15) is 5.54 Å². The molecule has 0 spiro atoms. The zero-order valence-electron chi connectivity index (χ0n) is 9.43. The molecule has 1 aromatic heterocycles. The summed E-state index contributed by atoms with van der Waals surface area (Å²) in [5.41, 5.74) is -0.635. The summed E-state index contributed by atoms with van der Waals surface area (Å²) in [5.74, 6) is -0.852. The van der Waals surface area contributed by atoms with Crippen LogP contribution in [0.3, 0.4) is 0 Å². The number of aliphatic carboxylic acids is 1. The highest BCUT2D eigenvalue weighted by Crippen LogP contribution is 2.44. The Hall–Kier alpha value is -1.58. The molecule has 1 fully saturated rings. The van der Waals surface area contributed by atoms with E-state index in [0.717, 1.165) is 12.8 Å². The van der Waals surface area contributed by atoms with Crippen molar-refractivity contribution in [3.05, 3.63) is 34.2 Å². The van der Waals surface area contributed by atoms with Gasteiger partial charge in [-0.05, 0) is 38.7 Å². The zero-order valence-corrected chi connectivity index (χ0v) is 9.43. The summed E-state index contributed by atoms with van der Waals surface area (Å²) >= 11 is 0. The van der Waals surface area contributed by atoms with Gasteiger partial charge < -0.3 is 5.11 Å². The van der Waals surface area contributed by atoms with Crippen LogP contribution in [0.2, 0.25) is 0 Å². The summed E-state index contributed by atoms with van der Waals surface area (Å²) in [6.45, 7) is 3.41. The van der Waals surface area contributed by atoms with Crippen molar-refractivity contribution in [3.8, 4) is 0 Å². The van der Waals surface area contributed by atoms with Gasteiger partial charge in [-0.2, -0.15) is 0 Å². The summed E-state index contributed by atoms with van der Waals surface area (Å²) < 4.78 is 1.41. The minimum atomic E-state index is -1.09. The highest BCUT2D eigenvalue weighted by atomic mass is 16.4. The quantitative estimate of drug-likeness (QED) is 0.838. The lowest BCUT2D eigenvalue weighted by atomic mass is 9.94. The molecule has 1 aliphatic rings. The molecule has 0 bridgehead atoms. The summed E-state index contributed by atoms with van der Waals surface area (Å²) in [6.07, 6.45) is 1.76. The van der Waals surface area contributed by atoms with E-state index in [2.05, 4.69) is 0 Å². The second-order valence-corrected chi connectivity index (χ2v) is 4.57. The first-order valence-corrected chi connectivity index (χ1v) is 5.40. The number of hydrogen-bond acceptors (Lipinski definition) is 2. The number of carboxylic acid groups (broad SMARTS) is 1. The van der Waals surface area contributed by atoms with Crippen LogP contribution in [0.4, 0.5) is 0 Å². The van der Waals surface area contributed by atoms with Crippen LogP contribution >= 0.6 is 0 Å². The molecule has 4 heteroatoms. The maximum atomic E-state index is 11.8. The average molecular weight is 221 g/mol. The fourth-order valence-electron chi connectivity index (χ4n) is 2.29. The van der Waals surface area contributed by atoms with Crippen molar-refractivity contribution in [3.63, 3.8) is 0 Å². The van der Waals surface area contributed by atoms with Gasteiger partial charge >= 0.3 is 5.97 Å². The third kappa shape index (κ3) is 1.45. The second-order valence-electron chi connectivity index (χ2n) is 4.57. The van der Waals surface area contributed by atoms with Crippen molar-refractivity contribution in [2.45, 2.75) is 32.2 Å². The van der Waals surface area contributed by atoms with Crippen LogP contribution in [0.25, 0.3) is 0 Å². The highest BCUT2D eigenvalue weighted by molar-refractivity contribution is 5.77. The van der Waals surface area contributed by atoms with Crippen molar-refractivity contribution in [1.29, 1.82) is 0 Å². The van der Waals surface area contributed by atoms with Crippen molar-refractivity contribution in [2.75, 3.05) is 0 Å². The smallest absolute Gasteiger partial charge is 0.330 e. The Kier molecular flexibility index (Phi) is 2.37. The van der Waals surface area contributed by atoms with Gasteiger partial charge in [-0.15, -0.1) is 0 Å². The highest BCUT2D eigenvalue weighted by Gasteiger charge is 2.49. The van der Waals surface area contributed by atoms with E-state index in [1.165, 1.54) is 10.6 Å². The van der Waals surface area contributed by atoms with Crippen molar-refractivity contribution < 1.29 is 9.90 Å². The second kappa shape index (κ2) is 3.47. The molecule has 0 aliphatic heterocycles. The SMILES string of the molecule is Cc1cccc(=O)n1C(C)(C(=O)O)C1CC1. The number of carbonyl (C=O) groups is 1. The minimum Gasteiger partial charge on any atom is -0.479 e. The Morgan fingerprint density at radius 1 is 1.50 bits per heavy atom. The van der Waals surface area contributed by atoms with Crippen LogP contribution in [0.5, 0.6) is 0 Å². The number of carboxylic acids is 1. The number of nitrogens with zero attached hydrogens (tertiary/aromatic N) is 1. The molecule has 1 saturated carbocycles. The zero-order chi connectivity index (χ0) is 11.9. The third-order valence-corrected chi connectivity index (χ3v) is 3.42. The van der Waals surface area contributed by atoms with Crippen LogP contribution in [0, 0.1) is 12.8 Å². The van der Waals surface area contributed by atoms with Crippen molar-refractivity contribution >= 4 is 5.97 Å². The van der Waals surface area contributed by atoms with Gasteiger partial charge in [0, 0.05) is 11.8 Å². The van der Waals surface area contributed by atoms with E-state index in [0.29, 0.717) is 5.69 Å². The lowest BCUT2D eigenvalue weighted by Crippen LogP contribution is -2.47. The Bertz CT molecular complexity index is 487. The molecule has 0 aromatic carbocycles. The molecule has 1 unspecified atom stereocenters. The molecular formula is C12H15NO3. The van der Waals surface area contributed by atoms with Crippen LogP contribution in [0.15, 0.2) is 23.0 Å². The molecule has 0 saturated heterocycles. The summed E-state index contributed by atoms with van der Waals surface area (Å²) in [4.78, 5) is 23.3. The average Bonchev–Trinajstić information content (AvgIpc) is 2.99. The van der Waals surface area contributed by atoms with Gasteiger partial charge in [-0.1, -0.05) is 6.07 Å². The lowest BCUT2D eigenvalue weighted by Gasteiger charge is -2.29. The molecule has 86 valence electrons. The molecule has 0 radical (unpaired) electrons. The van der Waals surface area contributed by atoms with E-state index in [9.17, 15) is 14.7 Å². The lowest BCUT2D eigenvalue weighted by molar-refractivity contribution is -0.148. The molecule has 4 nitrogen and oxygen atoms in total. The number of aryl methyl sites for hydroxylation is 1. The van der Waals surface area contributed by atoms with E-state index in [1.807, 2.05) is 0 Å². The fraction of sp³-hybridized carbons (Fsp3) is 0.500. The van der Waals surface area contributed by atoms with Gasteiger partial charge in [0.15, 0.2) is 0 Å². The van der Waals surface area contributed by atoms with Gasteiger partial charge in [0.2, 0.25) is 0 Å². The minimum absolute atomic E-state index is 0.0730. The van der Waals surface area contributed by atoms with Crippen molar-refractivity contribution in [2.24, 2.45) is 5.92 Å². The van der Waals surface area contributed by atoms with E-state index >= 15 is 0 Å². The molecular weight excluding hydrogens is 206 g/mol. The first-order valence-electron chi connectivity index (χ1n) is 5.40. The molecule has 2 rings (SSSR count). The molecule has 1 atom stereocenters. The predicted octanol–water partition coefficient (Wildman–Crippen LogP) is 1.37. The number of aromatic nitrogens is 1. The molecule has 1 aliphatic carbocycles. The van der Waals surface area contributed by atoms with E-state index in [4.69, 9.17) is 0 Å². The third-order valence-electron chi connectivity index (χ3n) is 3.42. The van der Waals surface area contributed by atoms with E-state index < -0.39 is 11.5 Å². The number of pyridine rings is 1. The normalized spacial score (nSPS) is 19.1. The molecule has 0 amide bonds.